The number of phenols is 2. The maximum atomic E-state index is 13.2. The van der Waals surface area contributed by atoms with Gasteiger partial charge in [0.05, 0.1) is 17.3 Å². The third kappa shape index (κ3) is 7.63. The molecule has 0 radical (unpaired) electrons. The van der Waals surface area contributed by atoms with Crippen LogP contribution in [-0.4, -0.2) is 101 Å². The summed E-state index contributed by atoms with van der Waals surface area (Å²) in [6, 6.07) is 25.1. The van der Waals surface area contributed by atoms with E-state index in [-0.39, 0.29) is 35.4 Å². The number of ketones is 2. The molecule has 1 aliphatic carbocycles. The van der Waals surface area contributed by atoms with Crippen LogP contribution in [0.5, 0.6) is 28.7 Å². The Balaban J connectivity index is 0.784. The quantitative estimate of drug-likeness (QED) is 0.121. The number of piperazine rings is 1. The Hall–Kier alpha value is -5.43. The van der Waals surface area contributed by atoms with E-state index < -0.39 is 6.04 Å². The Bertz CT molecular complexity index is 2180. The number of hydrogen-bond acceptors (Lipinski definition) is 11. The molecule has 1 unspecified atom stereocenters. The zero-order chi connectivity index (χ0) is 37.2. The highest BCUT2D eigenvalue weighted by Gasteiger charge is 2.39. The van der Waals surface area contributed by atoms with Crippen molar-refractivity contribution in [2.24, 2.45) is 0 Å². The number of fused-ring (bicyclic) bond motifs is 2. The average Bonchev–Trinajstić information content (AvgIpc) is 3.70. The molecule has 4 aromatic carbocycles. The van der Waals surface area contributed by atoms with E-state index in [2.05, 4.69) is 15.1 Å². The van der Waals surface area contributed by atoms with E-state index in [1.54, 1.807) is 29.2 Å². The molecule has 0 spiro atoms. The zero-order valence-electron chi connectivity index (χ0n) is 29.8. The molecule has 54 heavy (non-hydrogen) atoms. The number of carbonyl (C=O) groups excluding carboxylic acids is 3. The van der Waals surface area contributed by atoms with Crippen LogP contribution in [0.15, 0.2) is 84.9 Å². The number of amides is 1. The van der Waals surface area contributed by atoms with Crippen molar-refractivity contribution in [3.8, 4) is 39.2 Å². The number of nitrogens with zero attached hydrogens (tertiary/aromatic N) is 3. The van der Waals surface area contributed by atoms with Gasteiger partial charge < -0.3 is 29.9 Å². The molecule has 3 N–H and O–H groups in total. The highest BCUT2D eigenvalue weighted by atomic mass is 32.1. The zero-order valence-corrected chi connectivity index (χ0v) is 30.6. The van der Waals surface area contributed by atoms with Crippen LogP contribution in [0, 0.1) is 0 Å². The van der Waals surface area contributed by atoms with E-state index in [1.165, 1.54) is 11.3 Å². The summed E-state index contributed by atoms with van der Waals surface area (Å²) >= 11 is 1.53. The molecular weight excluding hydrogens is 705 g/mol. The summed E-state index contributed by atoms with van der Waals surface area (Å²) in [5.74, 6) is 2.21. The Morgan fingerprint density at radius 1 is 0.815 bits per heavy atom. The van der Waals surface area contributed by atoms with Crippen LogP contribution in [-0.2, 0) is 16.1 Å². The van der Waals surface area contributed by atoms with Crippen LogP contribution in [0.2, 0.25) is 0 Å². The first-order chi connectivity index (χ1) is 26.3. The summed E-state index contributed by atoms with van der Waals surface area (Å²) < 4.78 is 13.4. The number of carbonyl (C=O) groups is 3. The third-order valence-corrected chi connectivity index (χ3v) is 11.7. The van der Waals surface area contributed by atoms with Crippen LogP contribution < -0.4 is 14.8 Å². The van der Waals surface area contributed by atoms with Crippen molar-refractivity contribution < 1.29 is 34.1 Å². The molecule has 1 amide bonds. The predicted molar refractivity (Wildman–Crippen MR) is 208 cm³/mol. The predicted octanol–water partition coefficient (Wildman–Crippen LogP) is 6.53. The molecule has 1 atom stereocenters. The minimum Gasteiger partial charge on any atom is -0.508 e. The van der Waals surface area contributed by atoms with Gasteiger partial charge in [0, 0.05) is 85.7 Å². The number of anilines is 1. The van der Waals surface area contributed by atoms with Crippen molar-refractivity contribution in [2.75, 3.05) is 57.7 Å². The highest BCUT2D eigenvalue weighted by Crippen LogP contribution is 2.47. The lowest BCUT2D eigenvalue weighted by Crippen LogP contribution is -2.48. The fourth-order valence-electron chi connectivity index (χ4n) is 7.53. The van der Waals surface area contributed by atoms with Gasteiger partial charge in [0.15, 0.2) is 11.5 Å². The number of nitrogens with one attached hydrogen (secondary N) is 1. The minimum absolute atomic E-state index is 0.0401. The van der Waals surface area contributed by atoms with E-state index in [9.17, 15) is 24.6 Å². The van der Waals surface area contributed by atoms with E-state index >= 15 is 0 Å². The maximum Gasteiger partial charge on any atom is 0.255 e. The fourth-order valence-corrected chi connectivity index (χ4v) is 8.69. The molecule has 1 aromatic heterocycles. The van der Waals surface area contributed by atoms with Crippen molar-refractivity contribution >= 4 is 44.6 Å². The van der Waals surface area contributed by atoms with Crippen molar-refractivity contribution in [3.05, 3.63) is 96.1 Å². The molecule has 0 bridgehead atoms. The molecule has 8 rings (SSSR count). The van der Waals surface area contributed by atoms with Crippen molar-refractivity contribution in [1.82, 2.24) is 14.7 Å². The Morgan fingerprint density at radius 2 is 1.54 bits per heavy atom. The van der Waals surface area contributed by atoms with Crippen molar-refractivity contribution in [1.29, 1.82) is 0 Å². The Labute approximate surface area is 317 Å². The summed E-state index contributed by atoms with van der Waals surface area (Å²) in [6.45, 7) is 7.23. The van der Waals surface area contributed by atoms with Crippen molar-refractivity contribution in [2.45, 2.75) is 31.8 Å². The SMILES string of the molecule is O=C1CCC(N2Cc3c(NCCN4CCN(CCOc5ccc(Oc6c(-c7ccc(O)cc7)sc7cc(O)ccc67)cc5)CC4)cccc3C2=O)C(=O)C1. The molecule has 2 aliphatic heterocycles. The number of benzene rings is 4. The molecule has 3 heterocycles. The summed E-state index contributed by atoms with van der Waals surface area (Å²) in [6.07, 6.45) is 0.685. The first-order valence-corrected chi connectivity index (χ1v) is 19.2. The number of ether oxygens (including phenoxy) is 2. The number of Topliss-reactive ketones (excluding diaryl/α,β-unsaturated/α-hetero) is 2. The summed E-state index contributed by atoms with van der Waals surface area (Å²) in [5, 5.41) is 24.3. The standard InChI is InChI=1S/C42H42N4O7S/c47-28-6-4-27(5-7-28)41-40(34-14-8-30(49)25-39(34)54-41)53-32-12-10-31(11-13-32)52-23-22-45-20-18-44(19-21-45)17-16-43-36-3-1-2-33-35(36)26-46(42(33)51)37-15-9-29(48)24-38(37)50/h1-8,10-14,25,37,43,47,49H,9,15-24,26H2. The maximum absolute atomic E-state index is 13.2. The van der Waals surface area contributed by atoms with Gasteiger partial charge in [-0.2, -0.15) is 0 Å². The summed E-state index contributed by atoms with van der Waals surface area (Å²) in [4.78, 5) is 44.9. The molecule has 3 aliphatic rings. The van der Waals surface area contributed by atoms with Crippen molar-refractivity contribution in [3.63, 3.8) is 0 Å². The van der Waals surface area contributed by atoms with Crippen LogP contribution in [0.25, 0.3) is 20.5 Å². The Kier molecular flexibility index (Phi) is 10.2. The Morgan fingerprint density at radius 3 is 2.30 bits per heavy atom. The van der Waals surface area contributed by atoms with Gasteiger partial charge in [0.2, 0.25) is 0 Å². The van der Waals surface area contributed by atoms with Gasteiger partial charge in [-0.25, -0.2) is 0 Å². The normalized spacial score (nSPS) is 18.0. The molecule has 1 saturated carbocycles. The van der Waals surface area contributed by atoms with Crippen LogP contribution in [0.3, 0.4) is 0 Å². The topological polar surface area (TPSA) is 132 Å². The van der Waals surface area contributed by atoms with E-state index in [0.717, 1.165) is 83.3 Å². The van der Waals surface area contributed by atoms with E-state index in [0.29, 0.717) is 43.1 Å². The number of hydrogen-bond donors (Lipinski definition) is 3. The van der Waals surface area contributed by atoms with Gasteiger partial charge in [-0.3, -0.25) is 24.2 Å². The number of thiophene rings is 1. The van der Waals surface area contributed by atoms with Crippen LogP contribution in [0.1, 0.15) is 35.2 Å². The van der Waals surface area contributed by atoms with Crippen LogP contribution >= 0.6 is 11.3 Å². The smallest absolute Gasteiger partial charge is 0.255 e. The average molecular weight is 747 g/mol. The number of rotatable bonds is 12. The van der Waals surface area contributed by atoms with E-state index in [4.69, 9.17) is 9.47 Å². The second kappa shape index (κ2) is 15.5. The van der Waals surface area contributed by atoms with Gasteiger partial charge in [-0.15, -0.1) is 11.3 Å². The van der Waals surface area contributed by atoms with Crippen LogP contribution in [0.4, 0.5) is 5.69 Å². The molecule has 278 valence electrons. The van der Waals surface area contributed by atoms with Gasteiger partial charge in [0.25, 0.3) is 5.91 Å². The van der Waals surface area contributed by atoms with Gasteiger partial charge >= 0.3 is 0 Å². The molecule has 1 saturated heterocycles. The third-order valence-electron chi connectivity index (χ3n) is 10.5. The van der Waals surface area contributed by atoms with Gasteiger partial charge in [-0.1, -0.05) is 6.07 Å². The molecule has 12 heteroatoms. The first kappa shape index (κ1) is 35.6. The molecule has 2 fully saturated rings. The second-order valence-electron chi connectivity index (χ2n) is 14.0. The lowest BCUT2D eigenvalue weighted by molar-refractivity contribution is -0.133. The van der Waals surface area contributed by atoms with E-state index in [1.807, 2.05) is 60.7 Å². The second-order valence-corrected chi connectivity index (χ2v) is 15.1. The van der Waals surface area contributed by atoms with Gasteiger partial charge in [-0.05, 0) is 90.8 Å². The van der Waals surface area contributed by atoms with Gasteiger partial charge in [0.1, 0.15) is 35.4 Å². The molecule has 11 nitrogen and oxygen atoms in total. The number of phenolic OH excluding ortho intramolecular Hbond substituents is 2. The monoisotopic (exact) mass is 746 g/mol. The largest absolute Gasteiger partial charge is 0.508 e. The lowest BCUT2D eigenvalue weighted by Gasteiger charge is -2.34. The summed E-state index contributed by atoms with van der Waals surface area (Å²) in [7, 11) is 0. The summed E-state index contributed by atoms with van der Waals surface area (Å²) in [5.41, 5.74) is 3.41. The lowest BCUT2D eigenvalue weighted by atomic mass is 9.92. The fraction of sp³-hybridized carbons (Fsp3) is 0.310. The first-order valence-electron chi connectivity index (χ1n) is 18.4. The molecule has 5 aromatic rings. The molecular formula is C42H42N4O7S. The minimum atomic E-state index is -0.513. The highest BCUT2D eigenvalue weighted by molar-refractivity contribution is 7.22. The number of aromatic hydroxyl groups is 2.